The molecule has 2 aromatic rings. The van der Waals surface area contributed by atoms with Gasteiger partial charge in [0, 0.05) is 13.1 Å². The van der Waals surface area contributed by atoms with Gasteiger partial charge in [0.15, 0.2) is 0 Å². The summed E-state index contributed by atoms with van der Waals surface area (Å²) in [6.07, 6.45) is 1.24. The second-order valence-electron chi connectivity index (χ2n) is 3.98. The number of nitrogens with one attached hydrogen (secondary N) is 1. The predicted molar refractivity (Wildman–Crippen MR) is 77.1 cm³/mol. The number of aromatic nitrogens is 2. The Morgan fingerprint density at radius 2 is 2.05 bits per heavy atom. The van der Waals surface area contributed by atoms with Crippen molar-refractivity contribution in [3.63, 3.8) is 0 Å². The zero-order valence-corrected chi connectivity index (χ0v) is 12.8. The zero-order valence-electron chi connectivity index (χ0n) is 10.4. The molecule has 1 N–H and O–H groups in total. The van der Waals surface area contributed by atoms with Crippen molar-refractivity contribution in [3.05, 3.63) is 44.8 Å². The maximum absolute atomic E-state index is 12.1. The molecule has 0 radical (unpaired) electrons. The molecule has 0 aliphatic heterocycles. The van der Waals surface area contributed by atoms with Gasteiger partial charge >= 0.3 is 0 Å². The third-order valence-corrected chi connectivity index (χ3v) is 4.67. The van der Waals surface area contributed by atoms with E-state index in [1.165, 1.54) is 30.1 Å². The minimum atomic E-state index is -4.06. The number of hydrogen-bond acceptors (Lipinski definition) is 5. The molecule has 0 unspecified atom stereocenters. The van der Waals surface area contributed by atoms with Gasteiger partial charge in [-0.05, 0) is 12.1 Å². The molecule has 0 spiro atoms. The Kier molecular flexibility index (Phi) is 4.08. The third kappa shape index (κ3) is 3.09. The van der Waals surface area contributed by atoms with Gasteiger partial charge < -0.3 is 4.57 Å². The van der Waals surface area contributed by atoms with E-state index in [2.05, 4.69) is 9.71 Å². The molecule has 2 rings (SSSR count). The number of nitrogens with zero attached hydrogens (tertiary/aromatic N) is 3. The Labute approximate surface area is 129 Å². The van der Waals surface area contributed by atoms with E-state index in [1.807, 2.05) is 0 Å². The number of nitro benzene ring substituents is 1. The van der Waals surface area contributed by atoms with Crippen LogP contribution in [0.3, 0.4) is 0 Å². The molecule has 1 heterocycles. The molecule has 0 bridgehead atoms. The Morgan fingerprint density at radius 1 is 1.38 bits per heavy atom. The lowest BCUT2D eigenvalue weighted by atomic mass is 10.3. The first kappa shape index (κ1) is 15.5. The van der Waals surface area contributed by atoms with E-state index in [0.717, 1.165) is 6.07 Å². The standard InChI is InChI=1S/C10H8Cl2N4O4S/c1-15-5-13-10(9(15)12)21(19,20)14-6-2-3-7(11)8(4-6)16(17)18/h2-5,14H,1H3. The first-order valence-corrected chi connectivity index (χ1v) is 7.60. The molecule has 0 saturated carbocycles. The number of hydrogen-bond donors (Lipinski definition) is 1. The van der Waals surface area contributed by atoms with E-state index in [-0.39, 0.29) is 20.9 Å². The van der Waals surface area contributed by atoms with Crippen LogP contribution in [0.25, 0.3) is 0 Å². The fraction of sp³-hybridized carbons (Fsp3) is 0.100. The van der Waals surface area contributed by atoms with Crippen molar-refractivity contribution in [1.82, 2.24) is 9.55 Å². The van der Waals surface area contributed by atoms with E-state index in [0.29, 0.717) is 0 Å². The molecule has 0 aliphatic carbocycles. The monoisotopic (exact) mass is 350 g/mol. The number of sulfonamides is 1. The molecule has 11 heteroatoms. The van der Waals surface area contributed by atoms with Crippen molar-refractivity contribution in [2.75, 3.05) is 4.72 Å². The zero-order chi connectivity index (χ0) is 15.8. The summed E-state index contributed by atoms with van der Waals surface area (Å²) in [4.78, 5) is 13.7. The summed E-state index contributed by atoms with van der Waals surface area (Å²) >= 11 is 11.5. The Bertz CT molecular complexity index is 818. The highest BCUT2D eigenvalue weighted by molar-refractivity contribution is 7.92. The Hall–Kier alpha value is -1.84. The number of imidazole rings is 1. The van der Waals surface area contributed by atoms with Gasteiger partial charge in [-0.3, -0.25) is 14.8 Å². The van der Waals surface area contributed by atoms with E-state index >= 15 is 0 Å². The molecule has 0 atom stereocenters. The molecule has 1 aromatic heterocycles. The molecular formula is C10H8Cl2N4O4S. The van der Waals surface area contributed by atoms with Crippen LogP contribution in [0.15, 0.2) is 29.6 Å². The lowest BCUT2D eigenvalue weighted by molar-refractivity contribution is -0.384. The maximum atomic E-state index is 12.1. The Balaban J connectivity index is 2.40. The molecule has 0 fully saturated rings. The van der Waals surface area contributed by atoms with Crippen molar-refractivity contribution in [2.45, 2.75) is 5.03 Å². The van der Waals surface area contributed by atoms with Crippen LogP contribution in [0, 0.1) is 10.1 Å². The van der Waals surface area contributed by atoms with E-state index in [4.69, 9.17) is 23.2 Å². The molecule has 21 heavy (non-hydrogen) atoms. The third-order valence-electron chi connectivity index (χ3n) is 2.48. The van der Waals surface area contributed by atoms with Gasteiger partial charge in [0.05, 0.1) is 16.9 Å². The van der Waals surface area contributed by atoms with Gasteiger partial charge in [0.25, 0.3) is 15.7 Å². The van der Waals surface area contributed by atoms with Crippen molar-refractivity contribution in [2.24, 2.45) is 7.05 Å². The van der Waals surface area contributed by atoms with Gasteiger partial charge in [0.2, 0.25) is 5.03 Å². The van der Waals surface area contributed by atoms with E-state index in [1.54, 1.807) is 0 Å². The highest BCUT2D eigenvalue weighted by Crippen LogP contribution is 2.29. The molecule has 112 valence electrons. The van der Waals surface area contributed by atoms with E-state index < -0.39 is 20.6 Å². The minimum Gasteiger partial charge on any atom is -0.324 e. The molecule has 0 saturated heterocycles. The minimum absolute atomic E-state index is 0.0205. The number of anilines is 1. The second-order valence-corrected chi connectivity index (χ2v) is 6.34. The van der Waals surface area contributed by atoms with Crippen molar-refractivity contribution < 1.29 is 13.3 Å². The quantitative estimate of drug-likeness (QED) is 0.672. The van der Waals surface area contributed by atoms with Crippen LogP contribution in [-0.2, 0) is 17.1 Å². The van der Waals surface area contributed by atoms with Crippen molar-refractivity contribution in [1.29, 1.82) is 0 Å². The van der Waals surface area contributed by atoms with Crippen LogP contribution >= 0.6 is 23.2 Å². The Morgan fingerprint density at radius 3 is 2.57 bits per heavy atom. The summed E-state index contributed by atoms with van der Waals surface area (Å²) in [6, 6.07) is 3.53. The van der Waals surface area contributed by atoms with E-state index in [9.17, 15) is 18.5 Å². The fourth-order valence-electron chi connectivity index (χ4n) is 1.49. The SMILES string of the molecule is Cn1cnc(S(=O)(=O)Nc2ccc(Cl)c([N+](=O)[O-])c2)c1Cl. The molecule has 1 aromatic carbocycles. The van der Waals surface area contributed by atoms with Gasteiger partial charge in [-0.25, -0.2) is 4.98 Å². The van der Waals surface area contributed by atoms with Crippen molar-refractivity contribution in [3.8, 4) is 0 Å². The smallest absolute Gasteiger partial charge is 0.289 e. The van der Waals surface area contributed by atoms with Crippen LogP contribution in [0.5, 0.6) is 0 Å². The average molecular weight is 351 g/mol. The summed E-state index contributed by atoms with van der Waals surface area (Å²) in [7, 11) is -2.53. The molecule has 0 amide bonds. The summed E-state index contributed by atoms with van der Waals surface area (Å²) in [5.41, 5.74) is -0.434. The molecule has 8 nitrogen and oxygen atoms in total. The van der Waals surface area contributed by atoms with Crippen LogP contribution in [-0.4, -0.2) is 22.9 Å². The van der Waals surface area contributed by atoms with Gasteiger partial charge in [0.1, 0.15) is 10.2 Å². The predicted octanol–water partition coefficient (Wildman–Crippen LogP) is 2.44. The number of rotatable bonds is 4. The van der Waals surface area contributed by atoms with Crippen LogP contribution in [0.2, 0.25) is 10.2 Å². The second kappa shape index (κ2) is 5.51. The number of aryl methyl sites for hydroxylation is 1. The van der Waals surface area contributed by atoms with Crippen molar-refractivity contribution >= 4 is 44.6 Å². The van der Waals surface area contributed by atoms with Crippen LogP contribution < -0.4 is 4.72 Å². The highest BCUT2D eigenvalue weighted by atomic mass is 35.5. The maximum Gasteiger partial charge on any atom is 0.289 e. The largest absolute Gasteiger partial charge is 0.324 e. The number of nitro groups is 1. The first-order chi connectivity index (χ1) is 9.72. The molecular weight excluding hydrogens is 343 g/mol. The summed E-state index contributed by atoms with van der Waals surface area (Å²) in [5.74, 6) is 0. The van der Waals surface area contributed by atoms with Gasteiger partial charge in [-0.15, -0.1) is 0 Å². The molecule has 0 aliphatic rings. The van der Waals surface area contributed by atoms with Crippen LogP contribution in [0.1, 0.15) is 0 Å². The lowest BCUT2D eigenvalue weighted by Gasteiger charge is -2.06. The highest BCUT2D eigenvalue weighted by Gasteiger charge is 2.23. The first-order valence-electron chi connectivity index (χ1n) is 5.36. The topological polar surface area (TPSA) is 107 Å². The fourth-order valence-corrected chi connectivity index (χ4v) is 3.16. The summed E-state index contributed by atoms with van der Waals surface area (Å²) in [5, 5.41) is 10.2. The normalized spacial score (nSPS) is 11.4. The number of benzene rings is 1. The van der Waals surface area contributed by atoms with Crippen LogP contribution in [0.4, 0.5) is 11.4 Å². The number of halogens is 2. The van der Waals surface area contributed by atoms with Gasteiger partial charge in [-0.1, -0.05) is 23.2 Å². The summed E-state index contributed by atoms with van der Waals surface area (Å²) in [6.45, 7) is 0. The average Bonchev–Trinajstić information content (AvgIpc) is 2.72. The summed E-state index contributed by atoms with van der Waals surface area (Å²) < 4.78 is 27.7. The lowest BCUT2D eigenvalue weighted by Crippen LogP contribution is -2.14. The van der Waals surface area contributed by atoms with Gasteiger partial charge in [-0.2, -0.15) is 8.42 Å².